The van der Waals surface area contributed by atoms with Crippen LogP contribution in [0.25, 0.3) is 0 Å². The molecule has 0 saturated heterocycles. The molecule has 0 aromatic carbocycles. The van der Waals surface area contributed by atoms with Crippen molar-refractivity contribution in [2.24, 2.45) is 0 Å². The number of hydrogen-bond donors (Lipinski definition) is 1. The third-order valence-corrected chi connectivity index (χ3v) is 2.79. The van der Waals surface area contributed by atoms with Crippen molar-refractivity contribution in [2.75, 3.05) is 7.11 Å². The van der Waals surface area contributed by atoms with E-state index in [1.165, 1.54) is 7.11 Å². The lowest BCUT2D eigenvalue weighted by Gasteiger charge is -2.29. The standard InChI is InChI=1S/C10H17F2NO2/c1-7(15-2)9(14)13-8-3-5-10(11,12)6-4-8/h7-8H,3-6H2,1-2H3,(H,13,14)/t7-/m0/s1. The highest BCUT2D eigenvalue weighted by Crippen LogP contribution is 2.32. The smallest absolute Gasteiger partial charge is 0.249 e. The molecule has 0 aromatic rings. The first-order valence-corrected chi connectivity index (χ1v) is 5.15. The summed E-state index contributed by atoms with van der Waals surface area (Å²) in [6, 6.07) is -0.130. The van der Waals surface area contributed by atoms with Crippen LogP contribution in [0.2, 0.25) is 0 Å². The quantitative estimate of drug-likeness (QED) is 0.788. The predicted molar refractivity (Wildman–Crippen MR) is 51.8 cm³/mol. The van der Waals surface area contributed by atoms with Gasteiger partial charge in [-0.2, -0.15) is 0 Å². The summed E-state index contributed by atoms with van der Waals surface area (Å²) in [4.78, 5) is 11.4. The molecule has 1 aliphatic carbocycles. The molecule has 1 atom stereocenters. The van der Waals surface area contributed by atoms with Crippen LogP contribution in [0.1, 0.15) is 32.6 Å². The van der Waals surface area contributed by atoms with Crippen LogP contribution in [0.3, 0.4) is 0 Å². The molecule has 88 valence electrons. The molecular weight excluding hydrogens is 204 g/mol. The molecule has 1 saturated carbocycles. The summed E-state index contributed by atoms with van der Waals surface area (Å²) in [5.74, 6) is -2.78. The van der Waals surface area contributed by atoms with Crippen LogP contribution in [-0.4, -0.2) is 31.1 Å². The highest BCUT2D eigenvalue weighted by Gasteiger charge is 2.35. The minimum Gasteiger partial charge on any atom is -0.372 e. The SMILES string of the molecule is CO[C@@H](C)C(=O)NC1CCC(F)(F)CC1. The fourth-order valence-electron chi connectivity index (χ4n) is 1.61. The average molecular weight is 221 g/mol. The lowest BCUT2D eigenvalue weighted by molar-refractivity contribution is -0.131. The Morgan fingerprint density at radius 2 is 2.00 bits per heavy atom. The van der Waals surface area contributed by atoms with Crippen molar-refractivity contribution < 1.29 is 18.3 Å². The maximum Gasteiger partial charge on any atom is 0.249 e. The van der Waals surface area contributed by atoms with Crippen LogP contribution in [0, 0.1) is 0 Å². The number of amides is 1. The van der Waals surface area contributed by atoms with E-state index in [2.05, 4.69) is 5.32 Å². The summed E-state index contributed by atoms with van der Waals surface area (Å²) in [5, 5.41) is 2.71. The first-order valence-electron chi connectivity index (χ1n) is 5.15. The Morgan fingerprint density at radius 3 is 2.47 bits per heavy atom. The van der Waals surface area contributed by atoms with Crippen molar-refractivity contribution in [3.63, 3.8) is 0 Å². The van der Waals surface area contributed by atoms with E-state index in [0.29, 0.717) is 12.8 Å². The van der Waals surface area contributed by atoms with E-state index in [0.717, 1.165) is 0 Å². The molecule has 1 rings (SSSR count). The fraction of sp³-hybridized carbons (Fsp3) is 0.900. The molecule has 0 spiro atoms. The van der Waals surface area contributed by atoms with E-state index in [-0.39, 0.29) is 24.8 Å². The molecule has 0 aliphatic heterocycles. The van der Waals surface area contributed by atoms with Crippen molar-refractivity contribution in [3.8, 4) is 0 Å². The molecule has 1 aliphatic rings. The summed E-state index contributed by atoms with van der Waals surface area (Å²) in [6.07, 6.45) is -0.115. The van der Waals surface area contributed by atoms with E-state index in [1.807, 2.05) is 0 Å². The maximum atomic E-state index is 12.8. The molecule has 1 N–H and O–H groups in total. The summed E-state index contributed by atoms with van der Waals surface area (Å²) in [6.45, 7) is 1.63. The van der Waals surface area contributed by atoms with Gasteiger partial charge in [-0.15, -0.1) is 0 Å². The largest absolute Gasteiger partial charge is 0.372 e. The Balaban J connectivity index is 2.33. The molecule has 5 heteroatoms. The zero-order chi connectivity index (χ0) is 11.5. The normalized spacial score (nSPS) is 23.5. The first kappa shape index (κ1) is 12.4. The summed E-state index contributed by atoms with van der Waals surface area (Å²) in [5.41, 5.74) is 0. The van der Waals surface area contributed by atoms with Crippen molar-refractivity contribution in [2.45, 2.75) is 50.7 Å². The zero-order valence-electron chi connectivity index (χ0n) is 9.06. The monoisotopic (exact) mass is 221 g/mol. The van der Waals surface area contributed by atoms with Gasteiger partial charge in [0.25, 0.3) is 0 Å². The number of rotatable bonds is 3. The number of ether oxygens (including phenoxy) is 1. The van der Waals surface area contributed by atoms with Gasteiger partial charge >= 0.3 is 0 Å². The van der Waals surface area contributed by atoms with Crippen LogP contribution < -0.4 is 5.32 Å². The second kappa shape index (κ2) is 4.88. The number of carbonyl (C=O) groups excluding carboxylic acids is 1. The number of halogens is 2. The van der Waals surface area contributed by atoms with Crippen LogP contribution in [-0.2, 0) is 9.53 Å². The molecule has 0 heterocycles. The minimum atomic E-state index is -2.55. The minimum absolute atomic E-state index is 0.130. The average Bonchev–Trinajstić information content (AvgIpc) is 2.20. The van der Waals surface area contributed by atoms with Gasteiger partial charge in [-0.1, -0.05) is 0 Å². The highest BCUT2D eigenvalue weighted by atomic mass is 19.3. The lowest BCUT2D eigenvalue weighted by atomic mass is 9.92. The van der Waals surface area contributed by atoms with Crippen molar-refractivity contribution in [1.82, 2.24) is 5.32 Å². The lowest BCUT2D eigenvalue weighted by Crippen LogP contribution is -2.44. The summed E-state index contributed by atoms with van der Waals surface area (Å²) in [7, 11) is 1.44. The summed E-state index contributed by atoms with van der Waals surface area (Å²) < 4.78 is 30.4. The molecule has 0 aromatic heterocycles. The van der Waals surface area contributed by atoms with Gasteiger partial charge in [-0.3, -0.25) is 4.79 Å². The summed E-state index contributed by atoms with van der Waals surface area (Å²) >= 11 is 0. The van der Waals surface area contributed by atoms with Gasteiger partial charge in [0.05, 0.1) is 0 Å². The molecule has 15 heavy (non-hydrogen) atoms. The first-order chi connectivity index (χ1) is 6.94. The van der Waals surface area contributed by atoms with Gasteiger partial charge < -0.3 is 10.1 Å². The third-order valence-electron chi connectivity index (χ3n) is 2.79. The van der Waals surface area contributed by atoms with E-state index in [1.54, 1.807) is 6.92 Å². The number of hydrogen-bond acceptors (Lipinski definition) is 2. The van der Waals surface area contributed by atoms with Crippen LogP contribution in [0.4, 0.5) is 8.78 Å². The second-order valence-electron chi connectivity index (χ2n) is 4.02. The number of nitrogens with one attached hydrogen (secondary N) is 1. The molecule has 0 radical (unpaired) electrons. The van der Waals surface area contributed by atoms with Gasteiger partial charge in [0.1, 0.15) is 6.10 Å². The zero-order valence-corrected chi connectivity index (χ0v) is 9.06. The molecule has 1 amide bonds. The molecule has 1 fully saturated rings. The van der Waals surface area contributed by atoms with Crippen LogP contribution >= 0.6 is 0 Å². The Morgan fingerprint density at radius 1 is 1.47 bits per heavy atom. The number of alkyl halides is 2. The highest BCUT2D eigenvalue weighted by molar-refractivity contribution is 5.80. The van der Waals surface area contributed by atoms with E-state index in [4.69, 9.17) is 4.74 Å². The topological polar surface area (TPSA) is 38.3 Å². The van der Waals surface area contributed by atoms with Crippen molar-refractivity contribution in [3.05, 3.63) is 0 Å². The van der Waals surface area contributed by atoms with Gasteiger partial charge in [-0.05, 0) is 19.8 Å². The Hall–Kier alpha value is -0.710. The molecule has 3 nitrogen and oxygen atoms in total. The Kier molecular flexibility index (Phi) is 4.02. The van der Waals surface area contributed by atoms with Gasteiger partial charge in [0.2, 0.25) is 11.8 Å². The second-order valence-corrected chi connectivity index (χ2v) is 4.02. The van der Waals surface area contributed by atoms with Gasteiger partial charge in [-0.25, -0.2) is 8.78 Å². The molecule has 0 bridgehead atoms. The van der Waals surface area contributed by atoms with Crippen molar-refractivity contribution >= 4 is 5.91 Å². The Bertz CT molecular complexity index is 223. The van der Waals surface area contributed by atoms with Gasteiger partial charge in [0, 0.05) is 26.0 Å². The number of methoxy groups -OCH3 is 1. The fourth-order valence-corrected chi connectivity index (χ4v) is 1.61. The van der Waals surface area contributed by atoms with E-state index < -0.39 is 12.0 Å². The molecule has 0 unspecified atom stereocenters. The molecular formula is C10H17F2NO2. The van der Waals surface area contributed by atoms with Crippen LogP contribution in [0.15, 0.2) is 0 Å². The van der Waals surface area contributed by atoms with E-state index in [9.17, 15) is 13.6 Å². The maximum absolute atomic E-state index is 12.8. The van der Waals surface area contributed by atoms with E-state index >= 15 is 0 Å². The van der Waals surface area contributed by atoms with Crippen molar-refractivity contribution in [1.29, 1.82) is 0 Å². The van der Waals surface area contributed by atoms with Crippen LogP contribution in [0.5, 0.6) is 0 Å². The predicted octanol–water partition coefficient (Wildman–Crippen LogP) is 1.72. The van der Waals surface area contributed by atoms with Gasteiger partial charge in [0.15, 0.2) is 0 Å². The Labute approximate surface area is 88.2 Å². The number of carbonyl (C=O) groups is 1. The third kappa shape index (κ3) is 3.74.